The molecular formula is C15H20ClF3N2O. The summed E-state index contributed by atoms with van der Waals surface area (Å²) >= 11 is 0. The van der Waals surface area contributed by atoms with Crippen molar-refractivity contribution in [3.8, 4) is 0 Å². The van der Waals surface area contributed by atoms with Gasteiger partial charge in [-0.15, -0.1) is 12.4 Å². The zero-order valence-corrected chi connectivity index (χ0v) is 13.1. The number of rotatable bonds is 3. The Bertz CT molecular complexity index is 503. The van der Waals surface area contributed by atoms with Crippen molar-refractivity contribution < 1.29 is 18.0 Å². The van der Waals surface area contributed by atoms with E-state index in [2.05, 4.69) is 0 Å². The summed E-state index contributed by atoms with van der Waals surface area (Å²) < 4.78 is 37.4. The Balaban J connectivity index is 0.00000242. The molecule has 2 unspecified atom stereocenters. The lowest BCUT2D eigenvalue weighted by Gasteiger charge is -2.18. The Morgan fingerprint density at radius 3 is 2.41 bits per heavy atom. The molecule has 1 aliphatic rings. The molecule has 2 atom stereocenters. The summed E-state index contributed by atoms with van der Waals surface area (Å²) in [6, 6.07) is 4.79. The first kappa shape index (κ1) is 18.8. The molecule has 1 aromatic rings. The van der Waals surface area contributed by atoms with Gasteiger partial charge < -0.3 is 10.6 Å². The van der Waals surface area contributed by atoms with Gasteiger partial charge in [0, 0.05) is 19.1 Å². The molecule has 0 aromatic heterocycles. The van der Waals surface area contributed by atoms with Gasteiger partial charge in [0.05, 0.1) is 12.0 Å². The maximum atomic E-state index is 12.5. The fourth-order valence-corrected chi connectivity index (χ4v) is 2.54. The number of benzene rings is 1. The summed E-state index contributed by atoms with van der Waals surface area (Å²) in [5.74, 6) is 0.250. The average Bonchev–Trinajstić information content (AvgIpc) is 2.88. The van der Waals surface area contributed by atoms with Crippen LogP contribution in [-0.2, 0) is 17.4 Å². The number of hydrogen-bond donors (Lipinski definition) is 1. The van der Waals surface area contributed by atoms with Crippen LogP contribution in [0.25, 0.3) is 0 Å². The van der Waals surface area contributed by atoms with Crippen molar-refractivity contribution in [1.29, 1.82) is 0 Å². The van der Waals surface area contributed by atoms with Gasteiger partial charge in [-0.2, -0.15) is 13.2 Å². The first-order chi connectivity index (χ1) is 9.77. The van der Waals surface area contributed by atoms with E-state index in [-0.39, 0.29) is 30.8 Å². The third kappa shape index (κ3) is 4.61. The minimum absolute atomic E-state index is 0. The smallest absolute Gasteiger partial charge is 0.342 e. The summed E-state index contributed by atoms with van der Waals surface area (Å²) in [6.07, 6.45) is -3.33. The largest absolute Gasteiger partial charge is 0.416 e. The normalized spacial score (nSPS) is 19.7. The molecule has 7 heteroatoms. The van der Waals surface area contributed by atoms with E-state index in [1.807, 2.05) is 6.92 Å². The first-order valence-corrected chi connectivity index (χ1v) is 6.97. The van der Waals surface area contributed by atoms with Gasteiger partial charge in [0.2, 0.25) is 5.91 Å². The standard InChI is InChI=1S/C15H19F3N2O.ClH/c1-10(19)12-6-7-20(9-12)14(21)8-11-2-4-13(5-3-11)15(16,17)18;/h2-5,10,12H,6-9,19H2,1H3;1H. The highest BCUT2D eigenvalue weighted by Crippen LogP contribution is 2.29. The van der Waals surface area contributed by atoms with Gasteiger partial charge in [-0.25, -0.2) is 0 Å². The third-order valence-electron chi connectivity index (χ3n) is 3.96. The van der Waals surface area contributed by atoms with Crippen molar-refractivity contribution in [3.05, 3.63) is 35.4 Å². The van der Waals surface area contributed by atoms with E-state index in [1.54, 1.807) is 4.90 Å². The number of alkyl halides is 3. The Kier molecular flexibility index (Phi) is 6.26. The average molecular weight is 337 g/mol. The molecule has 0 spiro atoms. The van der Waals surface area contributed by atoms with Crippen molar-refractivity contribution in [2.45, 2.75) is 32.0 Å². The number of nitrogens with zero attached hydrogens (tertiary/aromatic N) is 1. The molecule has 1 aliphatic heterocycles. The van der Waals surface area contributed by atoms with E-state index < -0.39 is 11.7 Å². The van der Waals surface area contributed by atoms with Crippen molar-refractivity contribution in [2.24, 2.45) is 11.7 Å². The van der Waals surface area contributed by atoms with Crippen LogP contribution in [0.1, 0.15) is 24.5 Å². The number of carbonyl (C=O) groups is 1. The topological polar surface area (TPSA) is 46.3 Å². The zero-order valence-electron chi connectivity index (χ0n) is 12.3. The second-order valence-corrected chi connectivity index (χ2v) is 5.62. The first-order valence-electron chi connectivity index (χ1n) is 6.97. The molecule has 1 saturated heterocycles. The van der Waals surface area contributed by atoms with E-state index in [0.29, 0.717) is 24.6 Å². The molecule has 0 aliphatic carbocycles. The van der Waals surface area contributed by atoms with Gasteiger partial charge in [0.15, 0.2) is 0 Å². The number of halogens is 4. The molecule has 3 nitrogen and oxygen atoms in total. The zero-order chi connectivity index (χ0) is 15.6. The number of nitrogens with two attached hydrogens (primary N) is 1. The number of hydrogen-bond acceptors (Lipinski definition) is 2. The second kappa shape index (κ2) is 7.33. The van der Waals surface area contributed by atoms with E-state index in [9.17, 15) is 18.0 Å². The number of carbonyl (C=O) groups excluding carboxylic acids is 1. The number of amides is 1. The molecule has 124 valence electrons. The summed E-state index contributed by atoms with van der Waals surface area (Å²) in [5, 5.41) is 0. The van der Waals surface area contributed by atoms with Gasteiger partial charge in [-0.05, 0) is 37.0 Å². The van der Waals surface area contributed by atoms with Crippen molar-refractivity contribution in [1.82, 2.24) is 4.90 Å². The minimum atomic E-state index is -4.35. The molecule has 1 aromatic carbocycles. The van der Waals surface area contributed by atoms with Crippen LogP contribution in [0.5, 0.6) is 0 Å². The lowest BCUT2D eigenvalue weighted by molar-refractivity contribution is -0.137. The van der Waals surface area contributed by atoms with Gasteiger partial charge in [-0.1, -0.05) is 12.1 Å². The Morgan fingerprint density at radius 2 is 1.95 bits per heavy atom. The highest BCUT2D eigenvalue weighted by Gasteiger charge is 2.31. The summed E-state index contributed by atoms with van der Waals surface area (Å²) in [6.45, 7) is 3.23. The van der Waals surface area contributed by atoms with Crippen LogP contribution in [0.15, 0.2) is 24.3 Å². The quantitative estimate of drug-likeness (QED) is 0.922. The summed E-state index contributed by atoms with van der Waals surface area (Å²) in [4.78, 5) is 13.9. The summed E-state index contributed by atoms with van der Waals surface area (Å²) in [5.41, 5.74) is 5.72. The van der Waals surface area contributed by atoms with E-state index in [1.165, 1.54) is 12.1 Å². The van der Waals surface area contributed by atoms with Gasteiger partial charge >= 0.3 is 6.18 Å². The fraction of sp³-hybridized carbons (Fsp3) is 0.533. The molecule has 22 heavy (non-hydrogen) atoms. The van der Waals surface area contributed by atoms with Crippen LogP contribution in [0.4, 0.5) is 13.2 Å². The van der Waals surface area contributed by atoms with E-state index >= 15 is 0 Å². The van der Waals surface area contributed by atoms with Crippen LogP contribution in [0.2, 0.25) is 0 Å². The van der Waals surface area contributed by atoms with E-state index in [0.717, 1.165) is 18.6 Å². The Morgan fingerprint density at radius 1 is 1.36 bits per heavy atom. The highest BCUT2D eigenvalue weighted by atomic mass is 35.5. The second-order valence-electron chi connectivity index (χ2n) is 5.62. The van der Waals surface area contributed by atoms with Crippen LogP contribution in [0.3, 0.4) is 0 Å². The predicted molar refractivity (Wildman–Crippen MR) is 80.7 cm³/mol. The van der Waals surface area contributed by atoms with Crippen LogP contribution < -0.4 is 5.73 Å². The highest BCUT2D eigenvalue weighted by molar-refractivity contribution is 5.85. The van der Waals surface area contributed by atoms with Gasteiger partial charge in [-0.3, -0.25) is 4.79 Å². The molecule has 1 amide bonds. The lowest BCUT2D eigenvalue weighted by atomic mass is 10.0. The fourth-order valence-electron chi connectivity index (χ4n) is 2.54. The SMILES string of the molecule is CC(N)C1CCN(C(=O)Cc2ccc(C(F)(F)F)cc2)C1.Cl. The molecular weight excluding hydrogens is 317 g/mol. The predicted octanol–water partition coefficient (Wildman–Crippen LogP) is 2.87. The molecule has 2 N–H and O–H groups in total. The van der Waals surface area contributed by atoms with Crippen molar-refractivity contribution in [3.63, 3.8) is 0 Å². The van der Waals surface area contributed by atoms with Crippen molar-refractivity contribution in [2.75, 3.05) is 13.1 Å². The Hall–Kier alpha value is -1.27. The molecule has 1 fully saturated rings. The van der Waals surface area contributed by atoms with Crippen molar-refractivity contribution >= 4 is 18.3 Å². The maximum Gasteiger partial charge on any atom is 0.416 e. The molecule has 0 radical (unpaired) electrons. The van der Waals surface area contributed by atoms with Crippen LogP contribution in [-0.4, -0.2) is 29.9 Å². The maximum absolute atomic E-state index is 12.5. The van der Waals surface area contributed by atoms with Crippen LogP contribution in [0, 0.1) is 5.92 Å². The Labute approximate surface area is 134 Å². The monoisotopic (exact) mass is 336 g/mol. The summed E-state index contributed by atoms with van der Waals surface area (Å²) in [7, 11) is 0. The van der Waals surface area contributed by atoms with Crippen LogP contribution >= 0.6 is 12.4 Å². The third-order valence-corrected chi connectivity index (χ3v) is 3.96. The lowest BCUT2D eigenvalue weighted by Crippen LogP contribution is -2.33. The van der Waals surface area contributed by atoms with Gasteiger partial charge in [0.25, 0.3) is 0 Å². The molecule has 2 rings (SSSR count). The molecule has 0 saturated carbocycles. The molecule has 0 bridgehead atoms. The van der Waals surface area contributed by atoms with E-state index in [4.69, 9.17) is 5.73 Å². The number of likely N-dealkylation sites (tertiary alicyclic amines) is 1. The minimum Gasteiger partial charge on any atom is -0.342 e. The molecule has 1 heterocycles. The van der Waals surface area contributed by atoms with Gasteiger partial charge in [0.1, 0.15) is 0 Å².